The average molecular weight is 475 g/mol. The van der Waals surface area contributed by atoms with Crippen molar-refractivity contribution in [3.63, 3.8) is 0 Å². The molecule has 35 heavy (non-hydrogen) atoms. The minimum absolute atomic E-state index is 0.324. The zero-order valence-corrected chi connectivity index (χ0v) is 20.3. The molecule has 0 spiro atoms. The molecule has 2 aliphatic rings. The molecule has 1 N–H and O–H groups in total. The van der Waals surface area contributed by atoms with Gasteiger partial charge in [0, 0.05) is 37.0 Å². The van der Waals surface area contributed by atoms with Gasteiger partial charge in [-0.05, 0) is 62.2 Å². The van der Waals surface area contributed by atoms with Gasteiger partial charge in [0.25, 0.3) is 0 Å². The summed E-state index contributed by atoms with van der Waals surface area (Å²) in [5, 5.41) is 24.8. The summed E-state index contributed by atoms with van der Waals surface area (Å²) in [6.07, 6.45) is 7.56. The van der Waals surface area contributed by atoms with Gasteiger partial charge in [0.15, 0.2) is 11.6 Å². The summed E-state index contributed by atoms with van der Waals surface area (Å²) < 4.78 is 7.11. The van der Waals surface area contributed by atoms with E-state index < -0.39 is 0 Å². The Morgan fingerprint density at radius 3 is 2.80 bits per heavy atom. The maximum Gasteiger partial charge on any atom is 0.229 e. The molecule has 2 fully saturated rings. The van der Waals surface area contributed by atoms with Crippen LogP contribution in [0.4, 0.5) is 17.5 Å². The molecule has 4 heterocycles. The van der Waals surface area contributed by atoms with Crippen LogP contribution in [0.5, 0.6) is 5.75 Å². The van der Waals surface area contributed by atoms with Gasteiger partial charge in [-0.1, -0.05) is 6.42 Å². The van der Waals surface area contributed by atoms with Crippen molar-refractivity contribution in [2.45, 2.75) is 51.1 Å². The van der Waals surface area contributed by atoms with Gasteiger partial charge in [-0.3, -0.25) is 4.90 Å². The molecule has 182 valence electrons. The molecule has 0 radical (unpaired) electrons. The molecule has 2 aliphatic heterocycles. The van der Waals surface area contributed by atoms with E-state index in [9.17, 15) is 5.26 Å². The highest BCUT2D eigenvalue weighted by atomic mass is 16.5. The van der Waals surface area contributed by atoms with Crippen molar-refractivity contribution >= 4 is 17.5 Å². The fourth-order valence-electron chi connectivity index (χ4n) is 5.31. The van der Waals surface area contributed by atoms with Gasteiger partial charge in [0.05, 0.1) is 19.0 Å². The Balaban J connectivity index is 1.44. The molecule has 5 rings (SSSR count). The van der Waals surface area contributed by atoms with Gasteiger partial charge in [0.2, 0.25) is 5.95 Å². The van der Waals surface area contributed by atoms with Crippen molar-refractivity contribution in [1.82, 2.24) is 35.1 Å². The summed E-state index contributed by atoms with van der Waals surface area (Å²) in [7, 11) is 3.67. The monoisotopic (exact) mass is 474 g/mol. The first-order chi connectivity index (χ1) is 17.1. The summed E-state index contributed by atoms with van der Waals surface area (Å²) in [5.41, 5.74) is 1.95. The summed E-state index contributed by atoms with van der Waals surface area (Å²) in [6, 6.07) is 8.71. The third-order valence-corrected chi connectivity index (χ3v) is 7.03. The van der Waals surface area contributed by atoms with Crippen LogP contribution in [0.3, 0.4) is 0 Å². The van der Waals surface area contributed by atoms with Crippen LogP contribution < -0.4 is 15.0 Å². The number of likely N-dealkylation sites (N-methyl/N-ethyl adjacent to an activating group) is 1. The molecule has 0 unspecified atom stereocenters. The van der Waals surface area contributed by atoms with Crippen molar-refractivity contribution < 1.29 is 4.74 Å². The number of nitrogens with one attached hydrogen (secondary N) is 1. The largest absolute Gasteiger partial charge is 0.497 e. The number of nitrogens with zero attached hydrogens (tertiary/aromatic N) is 9. The summed E-state index contributed by atoms with van der Waals surface area (Å²) in [4.78, 5) is 14.0. The third-order valence-electron chi connectivity index (χ3n) is 7.03. The standard InChI is InChI=1S/C24H30N10O/c1-16-29-30-31-34(16)19-11-18(12-20(13-19)35-3)27-24-26-15-17(14-25)23(28-24)32(2)21-8-6-10-33-9-5-4-7-22(21)33/h11-13,15,21-22H,4-10H2,1-3H3,(H,26,27,28)/t21-,22+/m0/s1. The normalized spacial score (nSPS) is 20.1. The van der Waals surface area contributed by atoms with Crippen LogP contribution in [0.25, 0.3) is 5.69 Å². The molecule has 0 aliphatic carbocycles. The van der Waals surface area contributed by atoms with Crippen LogP contribution in [-0.2, 0) is 0 Å². The third kappa shape index (κ3) is 4.61. The summed E-state index contributed by atoms with van der Waals surface area (Å²) in [6.45, 7) is 4.16. The molecular weight excluding hydrogens is 444 g/mol. The van der Waals surface area contributed by atoms with Crippen LogP contribution in [0.15, 0.2) is 24.4 Å². The van der Waals surface area contributed by atoms with Crippen LogP contribution in [0.2, 0.25) is 0 Å². The van der Waals surface area contributed by atoms with Crippen LogP contribution in [0, 0.1) is 18.3 Å². The molecule has 2 aromatic heterocycles. The Kier molecular flexibility index (Phi) is 6.46. The van der Waals surface area contributed by atoms with E-state index in [2.05, 4.69) is 48.7 Å². The molecule has 2 atom stereocenters. The van der Waals surface area contributed by atoms with Gasteiger partial charge < -0.3 is 15.0 Å². The first-order valence-corrected chi connectivity index (χ1v) is 12.0. The maximum atomic E-state index is 9.79. The van der Waals surface area contributed by atoms with E-state index in [4.69, 9.17) is 9.72 Å². The number of piperidine rings is 2. The number of hydrogen-bond acceptors (Lipinski definition) is 10. The Labute approximate surface area is 204 Å². The smallest absolute Gasteiger partial charge is 0.229 e. The van der Waals surface area contributed by atoms with Crippen molar-refractivity contribution in [1.29, 1.82) is 5.26 Å². The number of ether oxygens (including phenoxy) is 1. The van der Waals surface area contributed by atoms with Crippen molar-refractivity contribution in [2.24, 2.45) is 0 Å². The quantitative estimate of drug-likeness (QED) is 0.571. The van der Waals surface area contributed by atoms with Gasteiger partial charge in [0.1, 0.15) is 17.4 Å². The number of benzene rings is 1. The average Bonchev–Trinajstić information content (AvgIpc) is 3.33. The van der Waals surface area contributed by atoms with E-state index in [-0.39, 0.29) is 0 Å². The van der Waals surface area contributed by atoms with Crippen molar-refractivity contribution in [3.05, 3.63) is 35.8 Å². The van der Waals surface area contributed by atoms with E-state index >= 15 is 0 Å². The summed E-state index contributed by atoms with van der Waals surface area (Å²) in [5.74, 6) is 2.37. The minimum Gasteiger partial charge on any atom is -0.497 e. The zero-order chi connectivity index (χ0) is 24.4. The van der Waals surface area contributed by atoms with Gasteiger partial charge in [-0.25, -0.2) is 4.98 Å². The second-order valence-electron chi connectivity index (χ2n) is 9.14. The lowest BCUT2D eigenvalue weighted by atomic mass is 9.88. The number of hydrogen-bond donors (Lipinski definition) is 1. The topological polar surface area (TPSA) is 121 Å². The fraction of sp³-hybridized carbons (Fsp3) is 0.500. The SMILES string of the molecule is COc1cc(Nc2ncc(C#N)c(N(C)[C@H]3CCCN4CCCC[C@H]34)n2)cc(-n2nnnc2C)c1. The van der Waals surface area contributed by atoms with Crippen LogP contribution in [0.1, 0.15) is 43.5 Å². The number of aryl methyl sites for hydroxylation is 1. The number of fused-ring (bicyclic) bond motifs is 1. The molecule has 0 bridgehead atoms. The molecule has 11 heteroatoms. The zero-order valence-electron chi connectivity index (χ0n) is 20.3. The number of rotatable bonds is 6. The van der Waals surface area contributed by atoms with Crippen LogP contribution in [-0.4, -0.2) is 74.4 Å². The molecule has 3 aromatic rings. The van der Waals surface area contributed by atoms with Crippen molar-refractivity contribution in [2.75, 3.05) is 37.5 Å². The van der Waals surface area contributed by atoms with Crippen molar-refractivity contribution in [3.8, 4) is 17.5 Å². The Hall–Kier alpha value is -3.78. The highest BCUT2D eigenvalue weighted by Gasteiger charge is 2.36. The van der Waals surface area contributed by atoms with Gasteiger partial charge >= 0.3 is 0 Å². The van der Waals surface area contributed by atoms with E-state index in [1.165, 1.54) is 19.3 Å². The highest BCUT2D eigenvalue weighted by Crippen LogP contribution is 2.33. The Morgan fingerprint density at radius 1 is 1.17 bits per heavy atom. The highest BCUT2D eigenvalue weighted by molar-refractivity contribution is 5.63. The molecule has 0 amide bonds. The Bertz CT molecular complexity index is 1230. The Morgan fingerprint density at radius 2 is 2.03 bits per heavy atom. The summed E-state index contributed by atoms with van der Waals surface area (Å²) >= 11 is 0. The lowest BCUT2D eigenvalue weighted by Crippen LogP contribution is -2.56. The van der Waals surface area contributed by atoms with E-state index in [0.717, 1.165) is 37.3 Å². The second kappa shape index (κ2) is 9.84. The first kappa shape index (κ1) is 23.0. The number of nitriles is 1. The van der Waals surface area contributed by atoms with E-state index in [0.29, 0.717) is 41.0 Å². The molecule has 11 nitrogen and oxygen atoms in total. The van der Waals surface area contributed by atoms with Crippen LogP contribution >= 0.6 is 0 Å². The minimum atomic E-state index is 0.324. The van der Waals surface area contributed by atoms with Gasteiger partial charge in [-0.2, -0.15) is 14.9 Å². The molecule has 1 aromatic carbocycles. The second-order valence-corrected chi connectivity index (χ2v) is 9.14. The molecular formula is C24H30N10O. The van der Waals surface area contributed by atoms with E-state index in [1.807, 2.05) is 25.1 Å². The fourth-order valence-corrected chi connectivity index (χ4v) is 5.31. The predicted octanol–water partition coefficient (Wildman–Crippen LogP) is 2.84. The number of aromatic nitrogens is 6. The van der Waals surface area contributed by atoms with Gasteiger partial charge in [-0.15, -0.1) is 5.10 Å². The number of tetrazole rings is 1. The van der Waals surface area contributed by atoms with E-state index in [1.54, 1.807) is 18.0 Å². The number of methoxy groups -OCH3 is 1. The predicted molar refractivity (Wildman–Crippen MR) is 131 cm³/mol. The molecule has 2 saturated heterocycles. The lowest BCUT2D eigenvalue weighted by molar-refractivity contribution is 0.0893. The first-order valence-electron chi connectivity index (χ1n) is 12.0. The number of anilines is 3. The lowest BCUT2D eigenvalue weighted by Gasteiger charge is -2.47. The maximum absolute atomic E-state index is 9.79. The molecule has 0 saturated carbocycles.